The van der Waals surface area contributed by atoms with Crippen LogP contribution in [0.15, 0.2) is 42.5 Å². The smallest absolute Gasteiger partial charge is 0.126 e. The van der Waals surface area contributed by atoms with Crippen LogP contribution < -0.4 is 5.73 Å². The van der Waals surface area contributed by atoms with Gasteiger partial charge in [-0.05, 0) is 54.6 Å². The molecule has 4 heteroatoms. The fourth-order valence-corrected chi connectivity index (χ4v) is 2.46. The van der Waals surface area contributed by atoms with E-state index >= 15 is 0 Å². The second-order valence-electron chi connectivity index (χ2n) is 4.84. The Morgan fingerprint density at radius 1 is 1.00 bits per heavy atom. The Bertz CT molecular complexity index is 586. The molecule has 0 spiro atoms. The maximum absolute atomic E-state index is 13.6. The molecule has 0 aliphatic heterocycles. The molecule has 0 saturated heterocycles. The van der Waals surface area contributed by atoms with Gasteiger partial charge in [0.25, 0.3) is 0 Å². The lowest BCUT2D eigenvalue weighted by Gasteiger charge is -2.16. The van der Waals surface area contributed by atoms with Crippen molar-refractivity contribution in [2.75, 3.05) is 6.54 Å². The number of hydrogen-bond acceptors (Lipinski definition) is 1. The van der Waals surface area contributed by atoms with Gasteiger partial charge in [-0.1, -0.05) is 35.9 Å². The zero-order chi connectivity index (χ0) is 14.5. The van der Waals surface area contributed by atoms with Gasteiger partial charge in [0.15, 0.2) is 0 Å². The highest BCUT2D eigenvalue weighted by Gasteiger charge is 2.13. The third-order valence-corrected chi connectivity index (χ3v) is 3.68. The van der Waals surface area contributed by atoms with Gasteiger partial charge in [0.2, 0.25) is 0 Å². The van der Waals surface area contributed by atoms with Gasteiger partial charge in [0, 0.05) is 5.02 Å². The highest BCUT2D eigenvalue weighted by atomic mass is 35.5. The first-order valence-corrected chi connectivity index (χ1v) is 6.85. The largest absolute Gasteiger partial charge is 0.330 e. The molecule has 0 aromatic heterocycles. The zero-order valence-corrected chi connectivity index (χ0v) is 11.7. The van der Waals surface area contributed by atoms with Crippen LogP contribution in [0.4, 0.5) is 8.78 Å². The van der Waals surface area contributed by atoms with Crippen LogP contribution in [0.25, 0.3) is 0 Å². The number of rotatable bonds is 5. The van der Waals surface area contributed by atoms with Gasteiger partial charge in [-0.2, -0.15) is 0 Å². The molecule has 0 heterocycles. The van der Waals surface area contributed by atoms with E-state index in [0.717, 1.165) is 5.56 Å². The van der Waals surface area contributed by atoms with E-state index in [1.807, 2.05) is 0 Å². The molecule has 2 aromatic rings. The Morgan fingerprint density at radius 3 is 2.35 bits per heavy atom. The lowest BCUT2D eigenvalue weighted by atomic mass is 9.92. The molecule has 1 unspecified atom stereocenters. The summed E-state index contributed by atoms with van der Waals surface area (Å²) >= 11 is 6.01. The first-order valence-electron chi connectivity index (χ1n) is 6.47. The first kappa shape index (κ1) is 14.9. The van der Waals surface area contributed by atoms with Gasteiger partial charge in [0.05, 0.1) is 0 Å². The molecule has 0 aliphatic carbocycles. The van der Waals surface area contributed by atoms with Crippen LogP contribution in [0, 0.1) is 17.6 Å². The molecule has 2 rings (SSSR count). The predicted molar refractivity (Wildman–Crippen MR) is 77.8 cm³/mol. The zero-order valence-electron chi connectivity index (χ0n) is 11.0. The summed E-state index contributed by atoms with van der Waals surface area (Å²) in [4.78, 5) is 0. The van der Waals surface area contributed by atoms with Crippen molar-refractivity contribution in [2.45, 2.75) is 12.8 Å². The standard InChI is InChI=1S/C16H16ClF2N/c17-15-9-14(18)6-5-12(15)7-11(10-20)8-13-3-1-2-4-16(13)19/h1-6,9,11H,7-8,10,20H2. The summed E-state index contributed by atoms with van der Waals surface area (Å²) in [7, 11) is 0. The highest BCUT2D eigenvalue weighted by Crippen LogP contribution is 2.22. The van der Waals surface area contributed by atoms with E-state index in [1.54, 1.807) is 24.3 Å². The summed E-state index contributed by atoms with van der Waals surface area (Å²) in [5, 5.41) is 0.386. The molecule has 2 aromatic carbocycles. The average Bonchev–Trinajstić information content (AvgIpc) is 2.43. The van der Waals surface area contributed by atoms with Crippen LogP contribution in [0.5, 0.6) is 0 Å². The second-order valence-corrected chi connectivity index (χ2v) is 5.24. The minimum atomic E-state index is -0.364. The van der Waals surface area contributed by atoms with Crippen molar-refractivity contribution >= 4 is 11.6 Å². The maximum atomic E-state index is 13.6. The molecular weight excluding hydrogens is 280 g/mol. The molecular formula is C16H16ClF2N. The number of hydrogen-bond donors (Lipinski definition) is 1. The third-order valence-electron chi connectivity index (χ3n) is 3.32. The quantitative estimate of drug-likeness (QED) is 0.887. The lowest BCUT2D eigenvalue weighted by Crippen LogP contribution is -2.20. The molecule has 0 bridgehead atoms. The van der Waals surface area contributed by atoms with E-state index < -0.39 is 0 Å². The Kier molecular flexibility index (Phi) is 5.10. The minimum absolute atomic E-state index is 0.0647. The van der Waals surface area contributed by atoms with Gasteiger partial charge < -0.3 is 5.73 Å². The molecule has 0 aliphatic rings. The SMILES string of the molecule is NCC(Cc1ccccc1F)Cc1ccc(F)cc1Cl. The lowest BCUT2D eigenvalue weighted by molar-refractivity contribution is 0.511. The molecule has 0 fully saturated rings. The maximum Gasteiger partial charge on any atom is 0.126 e. The molecule has 0 radical (unpaired) electrons. The van der Waals surface area contributed by atoms with Crippen molar-refractivity contribution in [3.8, 4) is 0 Å². The van der Waals surface area contributed by atoms with Crippen LogP contribution in [0.2, 0.25) is 5.02 Å². The predicted octanol–water partition coefficient (Wildman–Crippen LogP) is 3.98. The molecule has 0 saturated carbocycles. The van der Waals surface area contributed by atoms with Crippen LogP contribution in [-0.4, -0.2) is 6.54 Å². The second kappa shape index (κ2) is 6.82. The van der Waals surface area contributed by atoms with E-state index in [0.29, 0.717) is 30.0 Å². The van der Waals surface area contributed by atoms with E-state index in [1.165, 1.54) is 18.2 Å². The van der Waals surface area contributed by atoms with Crippen LogP contribution in [0.1, 0.15) is 11.1 Å². The van der Waals surface area contributed by atoms with Gasteiger partial charge in [-0.25, -0.2) is 8.78 Å². The van der Waals surface area contributed by atoms with Gasteiger partial charge in [-0.3, -0.25) is 0 Å². The van der Waals surface area contributed by atoms with Crippen molar-refractivity contribution in [1.82, 2.24) is 0 Å². The Balaban J connectivity index is 2.11. The number of nitrogens with two attached hydrogens (primary N) is 1. The van der Waals surface area contributed by atoms with Crippen molar-refractivity contribution in [3.63, 3.8) is 0 Å². The van der Waals surface area contributed by atoms with Gasteiger partial charge in [0.1, 0.15) is 11.6 Å². The normalized spacial score (nSPS) is 12.4. The summed E-state index contributed by atoms with van der Waals surface area (Å²) in [6, 6.07) is 11.0. The number of halogens is 3. The van der Waals surface area contributed by atoms with Crippen molar-refractivity contribution in [3.05, 3.63) is 70.2 Å². The van der Waals surface area contributed by atoms with Crippen LogP contribution in [-0.2, 0) is 12.8 Å². The van der Waals surface area contributed by atoms with Crippen LogP contribution in [0.3, 0.4) is 0 Å². The van der Waals surface area contributed by atoms with Crippen molar-refractivity contribution < 1.29 is 8.78 Å². The minimum Gasteiger partial charge on any atom is -0.330 e. The van der Waals surface area contributed by atoms with Crippen molar-refractivity contribution in [2.24, 2.45) is 11.7 Å². The fraction of sp³-hybridized carbons (Fsp3) is 0.250. The van der Waals surface area contributed by atoms with E-state index in [9.17, 15) is 8.78 Å². The Morgan fingerprint density at radius 2 is 1.70 bits per heavy atom. The summed E-state index contributed by atoms with van der Waals surface area (Å²) in [5.74, 6) is -0.525. The Hall–Kier alpha value is -1.45. The molecule has 106 valence electrons. The van der Waals surface area contributed by atoms with E-state index in [2.05, 4.69) is 0 Å². The molecule has 2 N–H and O–H groups in total. The number of benzene rings is 2. The average molecular weight is 296 g/mol. The topological polar surface area (TPSA) is 26.0 Å². The van der Waals surface area contributed by atoms with Gasteiger partial charge >= 0.3 is 0 Å². The molecule has 20 heavy (non-hydrogen) atoms. The Labute approximate surface area is 122 Å². The van der Waals surface area contributed by atoms with Gasteiger partial charge in [-0.15, -0.1) is 0 Å². The van der Waals surface area contributed by atoms with Crippen LogP contribution >= 0.6 is 11.6 Å². The summed E-state index contributed by atoms with van der Waals surface area (Å²) in [6.07, 6.45) is 1.14. The fourth-order valence-electron chi connectivity index (χ4n) is 2.21. The third kappa shape index (κ3) is 3.78. The first-order chi connectivity index (χ1) is 9.60. The van der Waals surface area contributed by atoms with E-state index in [-0.39, 0.29) is 17.6 Å². The molecule has 1 atom stereocenters. The van der Waals surface area contributed by atoms with Crippen molar-refractivity contribution in [1.29, 1.82) is 0 Å². The molecule has 1 nitrogen and oxygen atoms in total. The summed E-state index contributed by atoms with van der Waals surface area (Å²) < 4.78 is 26.6. The highest BCUT2D eigenvalue weighted by molar-refractivity contribution is 6.31. The summed E-state index contributed by atoms with van der Waals surface area (Å²) in [5.41, 5.74) is 7.23. The monoisotopic (exact) mass is 295 g/mol. The molecule has 0 amide bonds. The van der Waals surface area contributed by atoms with E-state index in [4.69, 9.17) is 17.3 Å². The summed E-state index contributed by atoms with van der Waals surface area (Å²) in [6.45, 7) is 0.419.